The molecule has 0 spiro atoms. The minimum atomic E-state index is -1.03. The number of aryl methyl sites for hydroxylation is 2. The van der Waals surface area contributed by atoms with Gasteiger partial charge in [0.2, 0.25) is 0 Å². The summed E-state index contributed by atoms with van der Waals surface area (Å²) in [4.78, 5) is 22.2. The van der Waals surface area contributed by atoms with Crippen LogP contribution in [0.5, 0.6) is 0 Å². The largest absolute Gasteiger partial charge is 0.481 e. The molecule has 0 amide bonds. The summed E-state index contributed by atoms with van der Waals surface area (Å²) >= 11 is 0. The van der Waals surface area contributed by atoms with Gasteiger partial charge in [0.25, 0.3) is 0 Å². The van der Waals surface area contributed by atoms with Gasteiger partial charge in [-0.05, 0) is 19.9 Å². The summed E-state index contributed by atoms with van der Waals surface area (Å²) in [5.41, 5.74) is -0.383. The summed E-state index contributed by atoms with van der Waals surface area (Å²) in [7, 11) is 0. The third kappa shape index (κ3) is 1.28. The second kappa shape index (κ2) is 2.95. The molecule has 80 valence electrons. The molecule has 0 aliphatic heterocycles. The Hall–Kier alpha value is -1.58. The van der Waals surface area contributed by atoms with Crippen LogP contribution in [-0.2, 0) is 15.0 Å². The summed E-state index contributed by atoms with van der Waals surface area (Å²) in [6.07, 6.45) is 0.171. The lowest BCUT2D eigenvalue weighted by Crippen LogP contribution is -2.48. The second-order valence-electron chi connectivity index (χ2n) is 4.11. The number of carbonyl (C=O) groups is 2. The van der Waals surface area contributed by atoms with Gasteiger partial charge in [-0.1, -0.05) is 0 Å². The average molecular weight is 208 g/mol. The highest BCUT2D eigenvalue weighted by atomic mass is 16.4. The van der Waals surface area contributed by atoms with Gasteiger partial charge < -0.3 is 9.52 Å². The van der Waals surface area contributed by atoms with Crippen molar-refractivity contribution in [2.45, 2.75) is 32.1 Å². The number of Topliss-reactive ketones (excluding diaryl/α,β-unsaturated/α-hetero) is 1. The highest BCUT2D eigenvalue weighted by molar-refractivity contribution is 6.01. The summed E-state index contributed by atoms with van der Waals surface area (Å²) in [6.45, 7) is 3.50. The number of ketones is 1. The molecule has 0 bridgehead atoms. The van der Waals surface area contributed by atoms with Crippen molar-refractivity contribution in [3.63, 3.8) is 0 Å². The van der Waals surface area contributed by atoms with Gasteiger partial charge in [0, 0.05) is 18.4 Å². The van der Waals surface area contributed by atoms with Crippen molar-refractivity contribution in [1.29, 1.82) is 0 Å². The third-order valence-electron chi connectivity index (χ3n) is 2.96. The van der Waals surface area contributed by atoms with E-state index in [9.17, 15) is 14.7 Å². The van der Waals surface area contributed by atoms with Crippen LogP contribution in [0, 0.1) is 13.8 Å². The zero-order chi connectivity index (χ0) is 11.2. The molecule has 0 saturated heterocycles. The molecule has 4 nitrogen and oxygen atoms in total. The van der Waals surface area contributed by atoms with Crippen LogP contribution >= 0.6 is 0 Å². The first-order valence-electron chi connectivity index (χ1n) is 4.78. The fraction of sp³-hybridized carbons (Fsp3) is 0.455. The lowest BCUT2D eigenvalue weighted by molar-refractivity contribution is -0.153. The normalized spacial score (nSPS) is 18.7. The number of carboxylic acid groups (broad SMARTS) is 1. The molecule has 0 atom stereocenters. The van der Waals surface area contributed by atoms with Crippen LogP contribution in [0.4, 0.5) is 0 Å². The van der Waals surface area contributed by atoms with Gasteiger partial charge in [0.05, 0.1) is 0 Å². The number of rotatable bonds is 2. The average Bonchev–Trinajstić information content (AvgIpc) is 2.39. The number of hydrogen-bond donors (Lipinski definition) is 1. The zero-order valence-corrected chi connectivity index (χ0v) is 8.66. The van der Waals surface area contributed by atoms with Crippen molar-refractivity contribution in [2.75, 3.05) is 0 Å². The van der Waals surface area contributed by atoms with Gasteiger partial charge in [-0.15, -0.1) is 0 Å². The van der Waals surface area contributed by atoms with E-state index < -0.39 is 11.4 Å². The molecule has 2 rings (SSSR count). The molecular weight excluding hydrogens is 196 g/mol. The maximum absolute atomic E-state index is 11.2. The minimum absolute atomic E-state index is 0.00402. The molecule has 0 radical (unpaired) electrons. The lowest BCUT2D eigenvalue weighted by atomic mass is 9.63. The van der Waals surface area contributed by atoms with E-state index in [0.29, 0.717) is 17.1 Å². The Kier molecular flexibility index (Phi) is 1.96. The Balaban J connectivity index is 2.47. The molecular formula is C11H12O4. The zero-order valence-electron chi connectivity index (χ0n) is 8.66. The first kappa shape index (κ1) is 9.96. The molecule has 1 aromatic rings. The standard InChI is InChI=1S/C11H12O4/c1-6-3-9(7(2)15-6)11(10(13)14)4-8(12)5-11/h3H,4-5H2,1-2H3,(H,13,14). The van der Waals surface area contributed by atoms with Crippen molar-refractivity contribution >= 4 is 11.8 Å². The first-order chi connectivity index (χ1) is 6.95. The quantitative estimate of drug-likeness (QED) is 0.801. The van der Waals surface area contributed by atoms with E-state index in [1.807, 2.05) is 0 Å². The van der Waals surface area contributed by atoms with E-state index in [2.05, 4.69) is 0 Å². The SMILES string of the molecule is Cc1cc(C2(C(=O)O)CC(=O)C2)c(C)o1. The van der Waals surface area contributed by atoms with Crippen LogP contribution in [0.15, 0.2) is 10.5 Å². The van der Waals surface area contributed by atoms with E-state index >= 15 is 0 Å². The fourth-order valence-electron chi connectivity index (χ4n) is 2.18. The maximum Gasteiger partial charge on any atom is 0.315 e. The molecule has 1 aliphatic carbocycles. The van der Waals surface area contributed by atoms with Crippen LogP contribution in [-0.4, -0.2) is 16.9 Å². The van der Waals surface area contributed by atoms with Gasteiger partial charge in [0.1, 0.15) is 22.7 Å². The molecule has 1 aromatic heterocycles. The Bertz CT molecular complexity index is 433. The predicted octanol–water partition coefficient (Wildman–Crippen LogP) is 1.58. The molecule has 0 unspecified atom stereocenters. The number of furan rings is 1. The first-order valence-corrected chi connectivity index (χ1v) is 4.78. The Labute approximate surface area is 86.9 Å². The molecule has 0 aromatic carbocycles. The maximum atomic E-state index is 11.2. The molecule has 1 N–H and O–H groups in total. The van der Waals surface area contributed by atoms with Crippen molar-refractivity contribution in [3.8, 4) is 0 Å². The Morgan fingerprint density at radius 2 is 2.07 bits per heavy atom. The number of carbonyl (C=O) groups excluding carboxylic acids is 1. The van der Waals surface area contributed by atoms with E-state index in [-0.39, 0.29) is 18.6 Å². The smallest absolute Gasteiger partial charge is 0.315 e. The highest BCUT2D eigenvalue weighted by Crippen LogP contribution is 2.43. The van der Waals surface area contributed by atoms with Crippen LogP contribution in [0.2, 0.25) is 0 Å². The van der Waals surface area contributed by atoms with Crippen molar-refractivity contribution < 1.29 is 19.1 Å². The van der Waals surface area contributed by atoms with E-state index in [1.165, 1.54) is 0 Å². The summed E-state index contributed by atoms with van der Waals surface area (Å²) in [5, 5.41) is 9.19. The minimum Gasteiger partial charge on any atom is -0.481 e. The third-order valence-corrected chi connectivity index (χ3v) is 2.96. The summed E-state index contributed by atoms with van der Waals surface area (Å²) in [5.74, 6) is 0.339. The monoisotopic (exact) mass is 208 g/mol. The number of carboxylic acids is 1. The number of hydrogen-bond acceptors (Lipinski definition) is 3. The summed E-state index contributed by atoms with van der Waals surface area (Å²) in [6, 6.07) is 1.72. The van der Waals surface area contributed by atoms with Gasteiger partial charge in [0.15, 0.2) is 0 Å². The van der Waals surface area contributed by atoms with Crippen molar-refractivity contribution in [3.05, 3.63) is 23.2 Å². The summed E-state index contributed by atoms with van der Waals surface area (Å²) < 4.78 is 5.31. The molecule has 1 saturated carbocycles. The van der Waals surface area contributed by atoms with Gasteiger partial charge in [-0.2, -0.15) is 0 Å². The second-order valence-corrected chi connectivity index (χ2v) is 4.11. The predicted molar refractivity (Wildman–Crippen MR) is 51.7 cm³/mol. The van der Waals surface area contributed by atoms with Crippen LogP contribution < -0.4 is 0 Å². The lowest BCUT2D eigenvalue weighted by Gasteiger charge is -2.35. The van der Waals surface area contributed by atoms with Crippen LogP contribution in [0.3, 0.4) is 0 Å². The van der Waals surface area contributed by atoms with E-state index in [0.717, 1.165) is 0 Å². The van der Waals surface area contributed by atoms with Crippen molar-refractivity contribution in [2.24, 2.45) is 0 Å². The van der Waals surface area contributed by atoms with E-state index in [4.69, 9.17) is 4.42 Å². The molecule has 1 fully saturated rings. The number of aliphatic carboxylic acids is 1. The van der Waals surface area contributed by atoms with E-state index in [1.54, 1.807) is 19.9 Å². The molecule has 1 heterocycles. The van der Waals surface area contributed by atoms with Crippen molar-refractivity contribution in [1.82, 2.24) is 0 Å². The van der Waals surface area contributed by atoms with Crippen LogP contribution in [0.1, 0.15) is 29.9 Å². The molecule has 15 heavy (non-hydrogen) atoms. The van der Waals surface area contributed by atoms with Gasteiger partial charge in [-0.3, -0.25) is 9.59 Å². The van der Waals surface area contributed by atoms with Crippen LogP contribution in [0.25, 0.3) is 0 Å². The fourth-order valence-corrected chi connectivity index (χ4v) is 2.18. The molecule has 1 aliphatic rings. The Morgan fingerprint density at radius 1 is 1.47 bits per heavy atom. The Morgan fingerprint density at radius 3 is 2.40 bits per heavy atom. The topological polar surface area (TPSA) is 67.5 Å². The van der Waals surface area contributed by atoms with Gasteiger partial charge >= 0.3 is 5.97 Å². The van der Waals surface area contributed by atoms with Gasteiger partial charge in [-0.25, -0.2) is 0 Å². The highest BCUT2D eigenvalue weighted by Gasteiger charge is 2.53. The molecule has 4 heteroatoms.